The number of nitrogens with two attached hydrogens (primary N) is 1. The second kappa shape index (κ2) is 4.94. The Morgan fingerprint density at radius 1 is 1.15 bits per heavy atom. The summed E-state index contributed by atoms with van der Waals surface area (Å²) in [6, 6.07) is 13.9. The number of hydrogen-bond acceptors (Lipinski definition) is 3. The molecule has 0 fully saturated rings. The van der Waals surface area contributed by atoms with Crippen LogP contribution in [0.2, 0.25) is 0 Å². The molecule has 0 aliphatic rings. The summed E-state index contributed by atoms with van der Waals surface area (Å²) in [6.45, 7) is 0. The quantitative estimate of drug-likeness (QED) is 0.725. The second-order valence-electron chi connectivity index (χ2n) is 4.57. The van der Waals surface area contributed by atoms with E-state index in [1.54, 1.807) is 4.68 Å². The Bertz CT molecular complexity index is 791. The first kappa shape index (κ1) is 12.6. The topological polar surface area (TPSA) is 55.9 Å². The molecule has 0 amide bonds. The average Bonchev–Trinajstić information content (AvgIpc) is 2.84. The van der Waals surface area contributed by atoms with E-state index in [9.17, 15) is 0 Å². The van der Waals surface area contributed by atoms with Gasteiger partial charge in [0, 0.05) is 35.9 Å². The number of aromatic nitrogens is 2. The summed E-state index contributed by atoms with van der Waals surface area (Å²) >= 11 is 5.11. The fourth-order valence-electron chi connectivity index (χ4n) is 2.24. The molecule has 4 nitrogen and oxygen atoms in total. The SMILES string of the molecule is Cn1ccc(Nc2ccc(C(N)=S)c3ccccc23)n1. The van der Waals surface area contributed by atoms with Crippen molar-refractivity contribution in [2.75, 3.05) is 5.32 Å². The molecule has 5 heteroatoms. The highest BCUT2D eigenvalue weighted by Gasteiger charge is 2.08. The zero-order valence-corrected chi connectivity index (χ0v) is 11.8. The van der Waals surface area contributed by atoms with Crippen molar-refractivity contribution in [2.24, 2.45) is 12.8 Å². The lowest BCUT2D eigenvalue weighted by Gasteiger charge is -2.11. The molecule has 0 spiro atoms. The van der Waals surface area contributed by atoms with Crippen LogP contribution in [-0.2, 0) is 7.05 Å². The zero-order chi connectivity index (χ0) is 14.1. The standard InChI is InChI=1S/C15H14N4S/c1-19-9-8-14(18-19)17-13-7-6-12(15(16)20)10-4-2-3-5-11(10)13/h2-9H,1H3,(H2,16,20)(H,17,18). The lowest BCUT2D eigenvalue weighted by Crippen LogP contribution is -2.10. The number of aryl methyl sites for hydroxylation is 1. The number of rotatable bonds is 3. The molecule has 0 radical (unpaired) electrons. The summed E-state index contributed by atoms with van der Waals surface area (Å²) in [5.74, 6) is 0.806. The predicted octanol–water partition coefficient (Wildman–Crippen LogP) is 2.95. The molecular weight excluding hydrogens is 268 g/mol. The van der Waals surface area contributed by atoms with Gasteiger partial charge in [0.05, 0.1) is 0 Å². The van der Waals surface area contributed by atoms with Crippen LogP contribution in [0.15, 0.2) is 48.7 Å². The van der Waals surface area contributed by atoms with Crippen molar-refractivity contribution < 1.29 is 0 Å². The molecule has 100 valence electrons. The summed E-state index contributed by atoms with van der Waals surface area (Å²) in [4.78, 5) is 0.408. The Balaban J connectivity index is 2.12. The predicted molar refractivity (Wildman–Crippen MR) is 86.3 cm³/mol. The zero-order valence-electron chi connectivity index (χ0n) is 11.0. The Morgan fingerprint density at radius 3 is 2.55 bits per heavy atom. The summed E-state index contributed by atoms with van der Waals surface area (Å²) in [5.41, 5.74) is 7.66. The van der Waals surface area contributed by atoms with Gasteiger partial charge >= 0.3 is 0 Å². The third kappa shape index (κ3) is 2.23. The van der Waals surface area contributed by atoms with Crippen LogP contribution in [0.4, 0.5) is 11.5 Å². The van der Waals surface area contributed by atoms with Crippen LogP contribution in [0.1, 0.15) is 5.56 Å². The van der Waals surface area contributed by atoms with Crippen molar-refractivity contribution in [1.29, 1.82) is 0 Å². The first-order valence-corrected chi connectivity index (χ1v) is 6.64. The van der Waals surface area contributed by atoms with E-state index in [2.05, 4.69) is 10.4 Å². The minimum Gasteiger partial charge on any atom is -0.389 e. The van der Waals surface area contributed by atoms with Crippen LogP contribution in [0.3, 0.4) is 0 Å². The third-order valence-electron chi connectivity index (χ3n) is 3.17. The van der Waals surface area contributed by atoms with E-state index in [4.69, 9.17) is 18.0 Å². The van der Waals surface area contributed by atoms with Gasteiger partial charge in [0.25, 0.3) is 0 Å². The van der Waals surface area contributed by atoms with E-state index in [0.717, 1.165) is 27.8 Å². The molecule has 0 atom stereocenters. The number of anilines is 2. The van der Waals surface area contributed by atoms with Gasteiger partial charge in [-0.3, -0.25) is 4.68 Å². The first-order valence-electron chi connectivity index (χ1n) is 6.23. The number of hydrogen-bond donors (Lipinski definition) is 2. The number of benzene rings is 2. The second-order valence-corrected chi connectivity index (χ2v) is 5.01. The minimum atomic E-state index is 0.408. The summed E-state index contributed by atoms with van der Waals surface area (Å²) in [6.07, 6.45) is 1.90. The molecule has 0 aliphatic heterocycles. The van der Waals surface area contributed by atoms with Crippen LogP contribution in [0.25, 0.3) is 10.8 Å². The van der Waals surface area contributed by atoms with E-state index in [-0.39, 0.29) is 0 Å². The summed E-state index contributed by atoms with van der Waals surface area (Å²) < 4.78 is 1.76. The van der Waals surface area contributed by atoms with E-state index in [1.807, 2.05) is 55.7 Å². The van der Waals surface area contributed by atoms with Crippen molar-refractivity contribution in [3.05, 3.63) is 54.2 Å². The number of thiocarbonyl (C=S) groups is 1. The molecule has 0 bridgehead atoms. The maximum atomic E-state index is 5.78. The Hall–Kier alpha value is -2.40. The molecular formula is C15H14N4S. The number of nitrogens with one attached hydrogen (secondary N) is 1. The smallest absolute Gasteiger partial charge is 0.152 e. The third-order valence-corrected chi connectivity index (χ3v) is 3.39. The maximum Gasteiger partial charge on any atom is 0.152 e. The molecule has 20 heavy (non-hydrogen) atoms. The van der Waals surface area contributed by atoms with Crippen LogP contribution in [-0.4, -0.2) is 14.8 Å². The van der Waals surface area contributed by atoms with Crippen LogP contribution in [0, 0.1) is 0 Å². The van der Waals surface area contributed by atoms with E-state index in [1.165, 1.54) is 0 Å². The monoisotopic (exact) mass is 282 g/mol. The van der Waals surface area contributed by atoms with Gasteiger partial charge in [0.15, 0.2) is 5.82 Å². The molecule has 3 N–H and O–H groups in total. The normalized spacial score (nSPS) is 10.7. The summed E-state index contributed by atoms with van der Waals surface area (Å²) in [7, 11) is 1.89. The van der Waals surface area contributed by atoms with Gasteiger partial charge in [0.2, 0.25) is 0 Å². The molecule has 0 saturated heterocycles. The number of nitrogens with zero attached hydrogens (tertiary/aromatic N) is 2. The van der Waals surface area contributed by atoms with Gasteiger partial charge in [-0.2, -0.15) is 5.10 Å². The fourth-order valence-corrected chi connectivity index (χ4v) is 2.42. The van der Waals surface area contributed by atoms with Crippen LogP contribution >= 0.6 is 12.2 Å². The van der Waals surface area contributed by atoms with E-state index >= 15 is 0 Å². The van der Waals surface area contributed by atoms with Gasteiger partial charge < -0.3 is 11.1 Å². The Labute approximate surface area is 122 Å². The van der Waals surface area contributed by atoms with Crippen molar-refractivity contribution in [3.63, 3.8) is 0 Å². The Morgan fingerprint density at radius 2 is 1.90 bits per heavy atom. The lowest BCUT2D eigenvalue weighted by molar-refractivity contribution is 0.771. The molecule has 0 saturated carbocycles. The summed E-state index contributed by atoms with van der Waals surface area (Å²) in [5, 5.41) is 9.76. The van der Waals surface area contributed by atoms with E-state index < -0.39 is 0 Å². The highest BCUT2D eigenvalue weighted by Crippen LogP contribution is 2.28. The first-order chi connectivity index (χ1) is 9.65. The Kier molecular flexibility index (Phi) is 3.12. The highest BCUT2D eigenvalue weighted by atomic mass is 32.1. The number of fused-ring (bicyclic) bond motifs is 1. The molecule has 1 heterocycles. The molecule has 0 aliphatic carbocycles. The van der Waals surface area contributed by atoms with Gasteiger partial charge in [-0.1, -0.05) is 36.5 Å². The molecule has 1 aromatic heterocycles. The molecule has 3 aromatic rings. The van der Waals surface area contributed by atoms with Crippen molar-refractivity contribution in [2.45, 2.75) is 0 Å². The van der Waals surface area contributed by atoms with Crippen LogP contribution in [0.5, 0.6) is 0 Å². The maximum absolute atomic E-state index is 5.78. The van der Waals surface area contributed by atoms with Gasteiger partial charge in [-0.15, -0.1) is 0 Å². The molecule has 2 aromatic carbocycles. The van der Waals surface area contributed by atoms with E-state index in [0.29, 0.717) is 4.99 Å². The molecule has 3 rings (SSSR count). The minimum absolute atomic E-state index is 0.408. The lowest BCUT2D eigenvalue weighted by atomic mass is 10.0. The van der Waals surface area contributed by atoms with Crippen LogP contribution < -0.4 is 11.1 Å². The largest absolute Gasteiger partial charge is 0.389 e. The van der Waals surface area contributed by atoms with Gasteiger partial charge in [-0.05, 0) is 17.5 Å². The van der Waals surface area contributed by atoms with Crippen molar-refractivity contribution >= 4 is 39.5 Å². The average molecular weight is 282 g/mol. The highest BCUT2D eigenvalue weighted by molar-refractivity contribution is 7.80. The van der Waals surface area contributed by atoms with Crippen molar-refractivity contribution in [1.82, 2.24) is 9.78 Å². The molecule has 0 unspecified atom stereocenters. The van der Waals surface area contributed by atoms with Gasteiger partial charge in [0.1, 0.15) is 4.99 Å². The van der Waals surface area contributed by atoms with Gasteiger partial charge in [-0.25, -0.2) is 0 Å². The van der Waals surface area contributed by atoms with Crippen molar-refractivity contribution in [3.8, 4) is 0 Å². The fraction of sp³-hybridized carbons (Fsp3) is 0.0667.